The zero-order valence-corrected chi connectivity index (χ0v) is 13.2. The zero-order valence-electron chi connectivity index (χ0n) is 12.4. The number of nitrogens with two attached hydrogens (primary N) is 1. The van der Waals surface area contributed by atoms with Gasteiger partial charge >= 0.3 is 0 Å². The number of hydrogen-bond donors (Lipinski definition) is 3. The van der Waals surface area contributed by atoms with Crippen LogP contribution in [0, 0.1) is 5.92 Å². The van der Waals surface area contributed by atoms with E-state index in [1.165, 1.54) is 6.07 Å². The van der Waals surface area contributed by atoms with Crippen molar-refractivity contribution in [3.8, 4) is 0 Å². The maximum atomic E-state index is 12.3. The molecule has 0 bridgehead atoms. The first-order chi connectivity index (χ1) is 9.92. The first-order valence-electron chi connectivity index (χ1n) is 7.48. The molecule has 0 spiro atoms. The van der Waals surface area contributed by atoms with Crippen molar-refractivity contribution < 1.29 is 13.5 Å². The second-order valence-electron chi connectivity index (χ2n) is 5.74. The van der Waals surface area contributed by atoms with Gasteiger partial charge in [-0.1, -0.05) is 13.0 Å². The molecule has 6 heteroatoms. The van der Waals surface area contributed by atoms with Gasteiger partial charge in [0.15, 0.2) is 0 Å². The fourth-order valence-corrected chi connectivity index (χ4v) is 3.87. The summed E-state index contributed by atoms with van der Waals surface area (Å²) in [7, 11) is -3.51. The summed E-state index contributed by atoms with van der Waals surface area (Å²) in [5.74, 6) is 0.301. The summed E-state index contributed by atoms with van der Waals surface area (Å²) in [6.45, 7) is 2.40. The summed E-state index contributed by atoms with van der Waals surface area (Å²) in [6, 6.07) is 4.88. The molecule has 0 atom stereocenters. The van der Waals surface area contributed by atoms with Crippen LogP contribution < -0.4 is 10.5 Å². The van der Waals surface area contributed by atoms with E-state index in [4.69, 9.17) is 5.73 Å². The SMILES string of the molecule is CCc1ccc(S(=O)(=O)NCC2CCC(O)CC2)cc1N. The molecule has 0 unspecified atom stereocenters. The molecule has 1 aromatic rings. The van der Waals surface area contributed by atoms with Gasteiger partial charge in [0.1, 0.15) is 0 Å². The molecule has 1 saturated carbocycles. The van der Waals surface area contributed by atoms with E-state index in [1.807, 2.05) is 6.92 Å². The van der Waals surface area contributed by atoms with Gasteiger partial charge in [-0.25, -0.2) is 13.1 Å². The first kappa shape index (κ1) is 16.3. The number of aliphatic hydroxyl groups excluding tert-OH is 1. The third-order valence-electron chi connectivity index (χ3n) is 4.19. The third kappa shape index (κ3) is 4.18. The number of nitrogens with one attached hydrogen (secondary N) is 1. The van der Waals surface area contributed by atoms with E-state index in [0.717, 1.165) is 37.7 Å². The van der Waals surface area contributed by atoms with Gasteiger partial charge in [-0.3, -0.25) is 0 Å². The summed E-state index contributed by atoms with van der Waals surface area (Å²) >= 11 is 0. The van der Waals surface area contributed by atoms with Crippen molar-refractivity contribution in [3.63, 3.8) is 0 Å². The summed E-state index contributed by atoms with van der Waals surface area (Å²) in [6.07, 6.45) is 3.79. The summed E-state index contributed by atoms with van der Waals surface area (Å²) in [4.78, 5) is 0.216. The topological polar surface area (TPSA) is 92.4 Å². The molecule has 21 heavy (non-hydrogen) atoms. The Hall–Kier alpha value is -1.11. The number of anilines is 1. The number of nitrogen functional groups attached to an aromatic ring is 1. The van der Waals surface area contributed by atoms with Crippen LogP contribution in [-0.2, 0) is 16.4 Å². The highest BCUT2D eigenvalue weighted by Crippen LogP contribution is 2.24. The Balaban J connectivity index is 2.00. The van der Waals surface area contributed by atoms with E-state index in [1.54, 1.807) is 12.1 Å². The Morgan fingerprint density at radius 3 is 2.52 bits per heavy atom. The van der Waals surface area contributed by atoms with Crippen molar-refractivity contribution in [2.45, 2.75) is 50.0 Å². The van der Waals surface area contributed by atoms with Crippen LogP contribution in [-0.4, -0.2) is 26.2 Å². The predicted octanol–water partition coefficient (Wildman–Crippen LogP) is 1.66. The van der Waals surface area contributed by atoms with Crippen molar-refractivity contribution in [1.82, 2.24) is 4.72 Å². The Morgan fingerprint density at radius 1 is 1.29 bits per heavy atom. The van der Waals surface area contributed by atoms with Crippen LogP contribution in [0.15, 0.2) is 23.1 Å². The Bertz CT molecular complexity index is 579. The highest BCUT2D eigenvalue weighted by molar-refractivity contribution is 7.89. The van der Waals surface area contributed by atoms with Crippen molar-refractivity contribution >= 4 is 15.7 Å². The molecule has 4 N–H and O–H groups in total. The van der Waals surface area contributed by atoms with Gasteiger partial charge in [-0.05, 0) is 55.7 Å². The van der Waals surface area contributed by atoms with Gasteiger partial charge in [0.25, 0.3) is 0 Å². The molecule has 1 aliphatic rings. The van der Waals surface area contributed by atoms with Gasteiger partial charge in [0.2, 0.25) is 10.0 Å². The zero-order chi connectivity index (χ0) is 15.5. The number of rotatable bonds is 5. The van der Waals surface area contributed by atoms with Crippen molar-refractivity contribution in [2.24, 2.45) is 5.92 Å². The lowest BCUT2D eigenvalue weighted by Crippen LogP contribution is -2.32. The van der Waals surface area contributed by atoms with Crippen LogP contribution in [0.4, 0.5) is 5.69 Å². The summed E-state index contributed by atoms with van der Waals surface area (Å²) < 4.78 is 27.2. The van der Waals surface area contributed by atoms with Crippen LogP contribution >= 0.6 is 0 Å². The fraction of sp³-hybridized carbons (Fsp3) is 0.600. The Kier molecular flexibility index (Phi) is 5.24. The minimum atomic E-state index is -3.51. The summed E-state index contributed by atoms with van der Waals surface area (Å²) in [5, 5.41) is 9.46. The highest BCUT2D eigenvalue weighted by Gasteiger charge is 2.22. The standard InChI is InChI=1S/C15H24N2O3S/c1-2-12-5-8-14(9-15(12)16)21(19,20)17-10-11-3-6-13(18)7-4-11/h5,8-9,11,13,17-18H,2-4,6-7,10,16H2,1H3. The van der Waals surface area contributed by atoms with Crippen LogP contribution in [0.25, 0.3) is 0 Å². The maximum absolute atomic E-state index is 12.3. The third-order valence-corrected chi connectivity index (χ3v) is 5.61. The molecule has 0 amide bonds. The molecule has 0 saturated heterocycles. The fourth-order valence-electron chi connectivity index (χ4n) is 2.72. The predicted molar refractivity (Wildman–Crippen MR) is 83.4 cm³/mol. The van der Waals surface area contributed by atoms with Gasteiger partial charge in [0.05, 0.1) is 11.0 Å². The average Bonchev–Trinajstić information content (AvgIpc) is 2.46. The molecule has 0 heterocycles. The highest BCUT2D eigenvalue weighted by atomic mass is 32.2. The molecule has 0 aromatic heterocycles. The molecule has 0 aliphatic heterocycles. The second kappa shape index (κ2) is 6.77. The first-order valence-corrected chi connectivity index (χ1v) is 8.97. The van der Waals surface area contributed by atoms with Crippen LogP contribution in [0.1, 0.15) is 38.2 Å². The molecule has 2 rings (SSSR count). The van der Waals surface area contributed by atoms with Crippen LogP contribution in [0.3, 0.4) is 0 Å². The van der Waals surface area contributed by atoms with E-state index in [0.29, 0.717) is 18.2 Å². The smallest absolute Gasteiger partial charge is 0.240 e. The van der Waals surface area contributed by atoms with Crippen molar-refractivity contribution in [3.05, 3.63) is 23.8 Å². The molecule has 1 aliphatic carbocycles. The van der Waals surface area contributed by atoms with Crippen molar-refractivity contribution in [2.75, 3.05) is 12.3 Å². The molecule has 0 radical (unpaired) electrons. The van der Waals surface area contributed by atoms with Crippen LogP contribution in [0.2, 0.25) is 0 Å². The van der Waals surface area contributed by atoms with Gasteiger partial charge in [-0.15, -0.1) is 0 Å². The lowest BCUT2D eigenvalue weighted by molar-refractivity contribution is 0.109. The number of sulfonamides is 1. The molecular formula is C15H24N2O3S. The van der Waals surface area contributed by atoms with Crippen LogP contribution in [0.5, 0.6) is 0 Å². The number of hydrogen-bond acceptors (Lipinski definition) is 4. The van der Waals surface area contributed by atoms with E-state index in [2.05, 4.69) is 4.72 Å². The van der Waals surface area contributed by atoms with E-state index >= 15 is 0 Å². The summed E-state index contributed by atoms with van der Waals surface area (Å²) in [5.41, 5.74) is 7.33. The molecule has 118 valence electrons. The van der Waals surface area contributed by atoms with E-state index < -0.39 is 10.0 Å². The number of aryl methyl sites for hydroxylation is 1. The van der Waals surface area contributed by atoms with Crippen molar-refractivity contribution in [1.29, 1.82) is 0 Å². The lowest BCUT2D eigenvalue weighted by atomic mass is 9.88. The Morgan fingerprint density at radius 2 is 1.95 bits per heavy atom. The molecular weight excluding hydrogens is 288 g/mol. The number of benzene rings is 1. The lowest BCUT2D eigenvalue weighted by Gasteiger charge is -2.25. The number of aliphatic hydroxyl groups is 1. The maximum Gasteiger partial charge on any atom is 0.240 e. The monoisotopic (exact) mass is 312 g/mol. The minimum Gasteiger partial charge on any atom is -0.398 e. The average molecular weight is 312 g/mol. The van der Waals surface area contributed by atoms with E-state index in [9.17, 15) is 13.5 Å². The molecule has 1 fully saturated rings. The Labute approximate surface area is 126 Å². The van der Waals surface area contributed by atoms with Gasteiger partial charge in [0, 0.05) is 12.2 Å². The molecule has 1 aromatic carbocycles. The van der Waals surface area contributed by atoms with Gasteiger partial charge in [-0.2, -0.15) is 0 Å². The quantitative estimate of drug-likeness (QED) is 0.721. The largest absolute Gasteiger partial charge is 0.398 e. The van der Waals surface area contributed by atoms with E-state index in [-0.39, 0.29) is 11.0 Å². The molecule has 5 nitrogen and oxygen atoms in total. The normalized spacial score (nSPS) is 23.1. The second-order valence-corrected chi connectivity index (χ2v) is 7.51. The van der Waals surface area contributed by atoms with Gasteiger partial charge < -0.3 is 10.8 Å². The minimum absolute atomic E-state index is 0.216.